The van der Waals surface area contributed by atoms with Crippen molar-refractivity contribution in [1.82, 2.24) is 20.4 Å². The van der Waals surface area contributed by atoms with Gasteiger partial charge in [0, 0.05) is 31.0 Å². The molecule has 2 amide bonds. The smallest absolute Gasteiger partial charge is 0.314 e. The molecule has 0 aliphatic rings. The third-order valence-electron chi connectivity index (χ3n) is 3.88. The summed E-state index contributed by atoms with van der Waals surface area (Å²) in [4.78, 5) is 11.9. The van der Waals surface area contributed by atoms with Gasteiger partial charge in [0.2, 0.25) is 0 Å². The predicted octanol–water partition coefficient (Wildman–Crippen LogP) is 1.94. The number of hydrogen-bond donors (Lipinski definition) is 3. The average Bonchev–Trinajstić information content (AvgIpc) is 3.12. The lowest BCUT2D eigenvalue weighted by Crippen LogP contribution is -2.44. The number of furan rings is 1. The first-order valence-electron chi connectivity index (χ1n) is 8.07. The van der Waals surface area contributed by atoms with Crippen LogP contribution in [-0.2, 0) is 12.1 Å². The summed E-state index contributed by atoms with van der Waals surface area (Å²) in [5.74, 6) is 1.64. The fraction of sp³-hybridized carbons (Fsp3) is 0.529. The van der Waals surface area contributed by atoms with Crippen LogP contribution in [0.15, 0.2) is 28.9 Å². The zero-order valence-corrected chi connectivity index (χ0v) is 14.7. The summed E-state index contributed by atoms with van der Waals surface area (Å²) in [7, 11) is 0. The van der Waals surface area contributed by atoms with Crippen molar-refractivity contribution >= 4 is 6.03 Å². The third kappa shape index (κ3) is 4.86. The maximum Gasteiger partial charge on any atom is 0.314 e. The van der Waals surface area contributed by atoms with Gasteiger partial charge in [-0.3, -0.25) is 4.68 Å². The lowest BCUT2D eigenvalue weighted by Gasteiger charge is -2.23. The summed E-state index contributed by atoms with van der Waals surface area (Å²) in [6, 6.07) is 3.36. The van der Waals surface area contributed by atoms with Crippen molar-refractivity contribution in [1.29, 1.82) is 0 Å². The number of carbonyl (C=O) groups excluding carboxylic acids is 1. The highest BCUT2D eigenvalue weighted by molar-refractivity contribution is 5.73. The first-order chi connectivity index (χ1) is 11.3. The second kappa shape index (κ2) is 7.53. The second-order valence-corrected chi connectivity index (χ2v) is 6.50. The Balaban J connectivity index is 1.77. The van der Waals surface area contributed by atoms with E-state index in [0.29, 0.717) is 17.9 Å². The van der Waals surface area contributed by atoms with E-state index in [2.05, 4.69) is 15.7 Å². The molecule has 7 heteroatoms. The van der Waals surface area contributed by atoms with Gasteiger partial charge in [-0.1, -0.05) is 6.92 Å². The molecule has 2 unspecified atom stereocenters. The minimum Gasteiger partial charge on any atom is -0.466 e. The molecule has 0 fully saturated rings. The molecule has 2 rings (SSSR count). The number of amides is 2. The number of aliphatic hydroxyl groups is 1. The van der Waals surface area contributed by atoms with Crippen molar-refractivity contribution in [3.63, 3.8) is 0 Å². The largest absolute Gasteiger partial charge is 0.466 e. The Morgan fingerprint density at radius 3 is 2.79 bits per heavy atom. The van der Waals surface area contributed by atoms with Crippen molar-refractivity contribution in [3.05, 3.63) is 41.6 Å². The number of carbonyl (C=O) groups is 1. The normalized spacial score (nSPS) is 14.9. The van der Waals surface area contributed by atoms with Crippen LogP contribution in [0.5, 0.6) is 0 Å². The van der Waals surface area contributed by atoms with Crippen molar-refractivity contribution in [3.8, 4) is 0 Å². The van der Waals surface area contributed by atoms with Crippen LogP contribution in [0.3, 0.4) is 0 Å². The van der Waals surface area contributed by atoms with E-state index < -0.39 is 5.60 Å². The Morgan fingerprint density at radius 1 is 1.46 bits per heavy atom. The van der Waals surface area contributed by atoms with Crippen molar-refractivity contribution in [2.45, 2.75) is 39.8 Å². The highest BCUT2D eigenvalue weighted by Gasteiger charge is 2.28. The number of hydrogen-bond acceptors (Lipinski definition) is 4. The van der Waals surface area contributed by atoms with Gasteiger partial charge in [-0.25, -0.2) is 4.79 Å². The maximum atomic E-state index is 11.9. The molecular weight excluding hydrogens is 308 g/mol. The fourth-order valence-corrected chi connectivity index (χ4v) is 2.63. The van der Waals surface area contributed by atoms with E-state index >= 15 is 0 Å². The zero-order valence-electron chi connectivity index (χ0n) is 14.7. The van der Waals surface area contributed by atoms with E-state index in [1.54, 1.807) is 26.1 Å². The second-order valence-electron chi connectivity index (χ2n) is 6.50. The highest BCUT2D eigenvalue weighted by Crippen LogP contribution is 2.26. The van der Waals surface area contributed by atoms with Gasteiger partial charge in [-0.2, -0.15) is 5.10 Å². The SMILES string of the molecule is Cc1cc(C(C)(O)CNC(=O)NCC(C)Cn2cccn2)c(C)o1. The molecule has 7 nitrogen and oxygen atoms in total. The molecule has 132 valence electrons. The van der Waals surface area contributed by atoms with E-state index in [0.717, 1.165) is 12.3 Å². The van der Waals surface area contributed by atoms with Gasteiger partial charge in [0.15, 0.2) is 0 Å². The van der Waals surface area contributed by atoms with E-state index in [-0.39, 0.29) is 18.5 Å². The van der Waals surface area contributed by atoms with Gasteiger partial charge in [0.05, 0.1) is 6.54 Å². The molecular formula is C17H26N4O3. The maximum absolute atomic E-state index is 11.9. The minimum atomic E-state index is -1.18. The Labute approximate surface area is 142 Å². The quantitative estimate of drug-likeness (QED) is 0.721. The molecule has 2 aromatic heterocycles. The van der Waals surface area contributed by atoms with Gasteiger partial charge in [-0.15, -0.1) is 0 Å². The number of aryl methyl sites for hydroxylation is 2. The van der Waals surface area contributed by atoms with E-state index in [1.807, 2.05) is 30.8 Å². The average molecular weight is 334 g/mol. The van der Waals surface area contributed by atoms with Crippen LogP contribution >= 0.6 is 0 Å². The van der Waals surface area contributed by atoms with Crippen LogP contribution < -0.4 is 10.6 Å². The summed E-state index contributed by atoms with van der Waals surface area (Å²) in [6.07, 6.45) is 3.62. The molecule has 24 heavy (non-hydrogen) atoms. The van der Waals surface area contributed by atoms with Crippen molar-refractivity contribution in [2.75, 3.05) is 13.1 Å². The monoisotopic (exact) mass is 334 g/mol. The van der Waals surface area contributed by atoms with Crippen LogP contribution in [0.25, 0.3) is 0 Å². The third-order valence-corrected chi connectivity index (χ3v) is 3.88. The lowest BCUT2D eigenvalue weighted by atomic mass is 9.96. The molecule has 0 aromatic carbocycles. The number of rotatable bonds is 7. The Hall–Kier alpha value is -2.28. The van der Waals surface area contributed by atoms with Crippen LogP contribution in [0.4, 0.5) is 4.79 Å². The summed E-state index contributed by atoms with van der Waals surface area (Å²) < 4.78 is 7.27. The topological polar surface area (TPSA) is 92.3 Å². The molecule has 0 bridgehead atoms. The fourth-order valence-electron chi connectivity index (χ4n) is 2.63. The number of aromatic nitrogens is 2. The van der Waals surface area contributed by atoms with Crippen molar-refractivity contribution < 1.29 is 14.3 Å². The standard InChI is InChI=1S/C17H26N4O3/c1-12(10-21-7-5-6-20-21)9-18-16(22)19-11-17(4,23)15-8-13(2)24-14(15)3/h5-8,12,23H,9-11H2,1-4H3,(H2,18,19,22). The van der Waals surface area contributed by atoms with Crippen LogP contribution in [0.2, 0.25) is 0 Å². The molecule has 0 saturated heterocycles. The number of urea groups is 1. The highest BCUT2D eigenvalue weighted by atomic mass is 16.3. The molecule has 3 N–H and O–H groups in total. The summed E-state index contributed by atoms with van der Waals surface area (Å²) in [6.45, 7) is 8.69. The number of nitrogens with one attached hydrogen (secondary N) is 2. The van der Waals surface area contributed by atoms with Crippen molar-refractivity contribution in [2.24, 2.45) is 5.92 Å². The molecule has 0 aliphatic carbocycles. The molecule has 2 aromatic rings. The first kappa shape index (κ1) is 18.1. The Morgan fingerprint density at radius 2 is 2.21 bits per heavy atom. The Bertz CT molecular complexity index is 661. The van der Waals surface area contributed by atoms with Crippen LogP contribution in [0, 0.1) is 19.8 Å². The molecule has 0 aliphatic heterocycles. The minimum absolute atomic E-state index is 0.103. The molecule has 2 heterocycles. The van der Waals surface area contributed by atoms with Gasteiger partial charge in [0.1, 0.15) is 17.1 Å². The predicted molar refractivity (Wildman–Crippen MR) is 90.5 cm³/mol. The van der Waals surface area contributed by atoms with Crippen LogP contribution in [0.1, 0.15) is 30.9 Å². The van der Waals surface area contributed by atoms with E-state index in [4.69, 9.17) is 4.42 Å². The van der Waals surface area contributed by atoms with Gasteiger partial charge < -0.3 is 20.2 Å². The van der Waals surface area contributed by atoms with Crippen LogP contribution in [-0.4, -0.2) is 34.0 Å². The molecule has 2 atom stereocenters. The number of nitrogens with zero attached hydrogens (tertiary/aromatic N) is 2. The van der Waals surface area contributed by atoms with Gasteiger partial charge >= 0.3 is 6.03 Å². The van der Waals surface area contributed by atoms with Gasteiger partial charge in [0.25, 0.3) is 0 Å². The lowest BCUT2D eigenvalue weighted by molar-refractivity contribution is 0.0578. The zero-order chi connectivity index (χ0) is 17.7. The van der Waals surface area contributed by atoms with Gasteiger partial charge in [-0.05, 0) is 38.8 Å². The Kier molecular flexibility index (Phi) is 5.66. The molecule has 0 saturated carbocycles. The summed E-state index contributed by atoms with van der Waals surface area (Å²) in [5.41, 5.74) is -0.493. The molecule has 0 spiro atoms. The van der Waals surface area contributed by atoms with E-state index in [9.17, 15) is 9.90 Å². The molecule has 0 radical (unpaired) electrons. The van der Waals surface area contributed by atoms with E-state index in [1.165, 1.54) is 0 Å². The first-order valence-corrected chi connectivity index (χ1v) is 8.07. The summed E-state index contributed by atoms with van der Waals surface area (Å²) in [5, 5.41) is 20.2. The summed E-state index contributed by atoms with van der Waals surface area (Å²) >= 11 is 0.